The van der Waals surface area contributed by atoms with Gasteiger partial charge in [-0.3, -0.25) is 0 Å². The summed E-state index contributed by atoms with van der Waals surface area (Å²) in [7, 11) is -1.02. The Kier molecular flexibility index (Phi) is 4.51. The van der Waals surface area contributed by atoms with Crippen molar-refractivity contribution in [1.29, 1.82) is 0 Å². The van der Waals surface area contributed by atoms with Gasteiger partial charge >= 0.3 is 0 Å². The summed E-state index contributed by atoms with van der Waals surface area (Å²) >= 11 is 3.34. The van der Waals surface area contributed by atoms with Crippen molar-refractivity contribution in [2.75, 3.05) is 14.2 Å². The van der Waals surface area contributed by atoms with Crippen molar-refractivity contribution in [2.45, 2.75) is 18.7 Å². The van der Waals surface area contributed by atoms with E-state index in [1.165, 1.54) is 30.6 Å². The molecule has 25 heavy (non-hydrogen) atoms. The second-order valence-electron chi connectivity index (χ2n) is 5.61. The second kappa shape index (κ2) is 6.34. The van der Waals surface area contributed by atoms with Crippen molar-refractivity contribution in [3.05, 3.63) is 46.2 Å². The Hall–Kier alpha value is -2.06. The fourth-order valence-electron chi connectivity index (χ4n) is 2.57. The monoisotopic (exact) mass is 424 g/mol. The number of ether oxygens (including phenoxy) is 2. The van der Waals surface area contributed by atoms with Gasteiger partial charge in [-0.1, -0.05) is 0 Å². The Morgan fingerprint density at radius 3 is 2.28 bits per heavy atom. The van der Waals surface area contributed by atoms with E-state index in [0.717, 1.165) is 11.1 Å². The van der Waals surface area contributed by atoms with E-state index in [0.29, 0.717) is 21.3 Å². The van der Waals surface area contributed by atoms with Crippen LogP contribution in [0.15, 0.2) is 40.0 Å². The molecule has 0 amide bonds. The Balaban J connectivity index is 2.29. The molecule has 132 valence electrons. The lowest BCUT2D eigenvalue weighted by atomic mass is 10.1. The molecule has 8 heteroatoms. The molecule has 0 aliphatic rings. The van der Waals surface area contributed by atoms with E-state index < -0.39 is 10.0 Å². The Labute approximate surface area is 154 Å². The number of fused-ring (bicyclic) bond motifs is 1. The standard InChI is InChI=1S/C17H17BrN2O4S/c1-10-5-13-14(6-11(10)2)20(9-19-13)25(21,22)17-8-15(23-3)12(18)7-16(17)24-4/h5-9H,1-4H3. The molecule has 0 bridgehead atoms. The van der Waals surface area contributed by atoms with Crippen LogP contribution in [0.4, 0.5) is 0 Å². The summed E-state index contributed by atoms with van der Waals surface area (Å²) in [5.41, 5.74) is 3.18. The Morgan fingerprint density at radius 1 is 1.00 bits per heavy atom. The van der Waals surface area contributed by atoms with Gasteiger partial charge in [0.1, 0.15) is 22.7 Å². The van der Waals surface area contributed by atoms with Gasteiger partial charge in [0.15, 0.2) is 0 Å². The first kappa shape index (κ1) is 17.8. The summed E-state index contributed by atoms with van der Waals surface area (Å²) in [6, 6.07) is 6.69. The largest absolute Gasteiger partial charge is 0.496 e. The number of hydrogen-bond acceptors (Lipinski definition) is 5. The topological polar surface area (TPSA) is 70.4 Å². The first-order valence-corrected chi connectivity index (χ1v) is 9.64. The molecule has 3 rings (SSSR count). The highest BCUT2D eigenvalue weighted by atomic mass is 79.9. The molecule has 0 radical (unpaired) electrons. The second-order valence-corrected chi connectivity index (χ2v) is 8.25. The zero-order valence-electron chi connectivity index (χ0n) is 14.2. The number of methoxy groups -OCH3 is 2. The average Bonchev–Trinajstić information content (AvgIpc) is 2.98. The SMILES string of the molecule is COc1cc(S(=O)(=O)n2cnc3cc(C)c(C)cc32)c(OC)cc1Br. The maximum atomic E-state index is 13.2. The summed E-state index contributed by atoms with van der Waals surface area (Å²) in [6.45, 7) is 3.90. The highest BCUT2D eigenvalue weighted by molar-refractivity contribution is 9.10. The predicted molar refractivity (Wildman–Crippen MR) is 99.0 cm³/mol. The third kappa shape index (κ3) is 2.89. The summed E-state index contributed by atoms with van der Waals surface area (Å²) in [5.74, 6) is 0.620. The molecule has 0 saturated carbocycles. The van der Waals surface area contributed by atoms with Crippen LogP contribution in [0.5, 0.6) is 11.5 Å². The van der Waals surface area contributed by atoms with Crippen molar-refractivity contribution in [3.63, 3.8) is 0 Å². The van der Waals surface area contributed by atoms with E-state index in [-0.39, 0.29) is 10.6 Å². The minimum Gasteiger partial charge on any atom is -0.496 e. The molecule has 0 N–H and O–H groups in total. The van der Waals surface area contributed by atoms with Gasteiger partial charge in [-0.2, -0.15) is 0 Å². The number of benzene rings is 2. The molecule has 0 saturated heterocycles. The van der Waals surface area contributed by atoms with Crippen molar-refractivity contribution in [2.24, 2.45) is 0 Å². The van der Waals surface area contributed by atoms with Crippen LogP contribution in [0, 0.1) is 13.8 Å². The molecule has 0 unspecified atom stereocenters. The Bertz CT molecular complexity index is 1070. The number of aryl methyl sites for hydroxylation is 2. The summed E-state index contributed by atoms with van der Waals surface area (Å²) in [5, 5.41) is 0. The molecule has 0 spiro atoms. The molecule has 0 atom stereocenters. The minimum absolute atomic E-state index is 0.00702. The summed E-state index contributed by atoms with van der Waals surface area (Å²) < 4.78 is 38.7. The van der Waals surface area contributed by atoms with Gasteiger partial charge in [-0.25, -0.2) is 17.4 Å². The molecule has 1 aromatic heterocycles. The van der Waals surface area contributed by atoms with Crippen molar-refractivity contribution in [1.82, 2.24) is 8.96 Å². The molecule has 1 heterocycles. The number of halogens is 1. The highest BCUT2D eigenvalue weighted by Gasteiger charge is 2.26. The number of aromatic nitrogens is 2. The quantitative estimate of drug-likeness (QED) is 0.638. The number of nitrogens with zero attached hydrogens (tertiary/aromatic N) is 2. The third-order valence-electron chi connectivity index (χ3n) is 4.10. The Morgan fingerprint density at radius 2 is 1.64 bits per heavy atom. The van der Waals surface area contributed by atoms with Gasteiger partial charge in [0.05, 0.1) is 29.7 Å². The van der Waals surface area contributed by atoms with Crippen LogP contribution >= 0.6 is 15.9 Å². The molecular formula is C17H17BrN2O4S. The van der Waals surface area contributed by atoms with Crippen LogP contribution in [0.2, 0.25) is 0 Å². The average molecular weight is 425 g/mol. The van der Waals surface area contributed by atoms with Crippen molar-refractivity contribution < 1.29 is 17.9 Å². The molecule has 0 aliphatic carbocycles. The van der Waals surface area contributed by atoms with Gasteiger partial charge in [0, 0.05) is 6.07 Å². The van der Waals surface area contributed by atoms with Crippen LogP contribution in [0.3, 0.4) is 0 Å². The normalized spacial score (nSPS) is 11.7. The fraction of sp³-hybridized carbons (Fsp3) is 0.235. The number of imidazole rings is 1. The van der Waals surface area contributed by atoms with Crippen LogP contribution in [-0.2, 0) is 10.0 Å². The van der Waals surface area contributed by atoms with Gasteiger partial charge in [0.2, 0.25) is 0 Å². The van der Waals surface area contributed by atoms with Crippen LogP contribution in [-0.4, -0.2) is 31.6 Å². The smallest absolute Gasteiger partial charge is 0.273 e. The summed E-state index contributed by atoms with van der Waals surface area (Å²) in [6.07, 6.45) is 1.31. The first-order valence-electron chi connectivity index (χ1n) is 7.41. The lowest BCUT2D eigenvalue weighted by molar-refractivity contribution is 0.390. The minimum atomic E-state index is -3.92. The zero-order valence-corrected chi connectivity index (χ0v) is 16.6. The number of hydrogen-bond donors (Lipinski definition) is 0. The lowest BCUT2D eigenvalue weighted by Crippen LogP contribution is -2.13. The van der Waals surface area contributed by atoms with E-state index in [1.807, 2.05) is 26.0 Å². The van der Waals surface area contributed by atoms with Crippen molar-refractivity contribution >= 4 is 37.0 Å². The van der Waals surface area contributed by atoms with Gasteiger partial charge in [0.25, 0.3) is 10.0 Å². The number of rotatable bonds is 4. The molecule has 6 nitrogen and oxygen atoms in total. The van der Waals surface area contributed by atoms with Gasteiger partial charge in [-0.15, -0.1) is 0 Å². The van der Waals surface area contributed by atoms with Crippen LogP contribution in [0.1, 0.15) is 11.1 Å². The van der Waals surface area contributed by atoms with E-state index in [4.69, 9.17) is 9.47 Å². The van der Waals surface area contributed by atoms with E-state index in [2.05, 4.69) is 20.9 Å². The first-order chi connectivity index (χ1) is 11.8. The molecule has 2 aromatic carbocycles. The molecule has 0 aliphatic heterocycles. The highest BCUT2D eigenvalue weighted by Crippen LogP contribution is 2.37. The maximum Gasteiger partial charge on any atom is 0.273 e. The molecular weight excluding hydrogens is 408 g/mol. The third-order valence-corrected chi connectivity index (χ3v) is 6.41. The van der Waals surface area contributed by atoms with E-state index in [1.54, 1.807) is 6.07 Å². The maximum absolute atomic E-state index is 13.2. The van der Waals surface area contributed by atoms with Crippen LogP contribution < -0.4 is 9.47 Å². The zero-order chi connectivity index (χ0) is 18.4. The van der Waals surface area contributed by atoms with E-state index in [9.17, 15) is 8.42 Å². The predicted octanol–water partition coefficient (Wildman–Crippen LogP) is 3.67. The van der Waals surface area contributed by atoms with Crippen LogP contribution in [0.25, 0.3) is 11.0 Å². The lowest BCUT2D eigenvalue weighted by Gasteiger charge is -2.14. The summed E-state index contributed by atoms with van der Waals surface area (Å²) in [4.78, 5) is 4.24. The van der Waals surface area contributed by atoms with Gasteiger partial charge < -0.3 is 9.47 Å². The fourth-order valence-corrected chi connectivity index (χ4v) is 4.50. The molecule has 0 fully saturated rings. The van der Waals surface area contributed by atoms with Gasteiger partial charge in [-0.05, 0) is 59.1 Å². The van der Waals surface area contributed by atoms with Crippen molar-refractivity contribution in [3.8, 4) is 11.5 Å². The van der Waals surface area contributed by atoms with E-state index >= 15 is 0 Å². The molecule has 3 aromatic rings.